The summed E-state index contributed by atoms with van der Waals surface area (Å²) in [6.07, 6.45) is 0.776. The van der Waals surface area contributed by atoms with Gasteiger partial charge in [0.25, 0.3) is 11.8 Å². The summed E-state index contributed by atoms with van der Waals surface area (Å²) in [5, 5.41) is 16.5. The molecule has 46 heavy (non-hydrogen) atoms. The highest BCUT2D eigenvalue weighted by Gasteiger charge is 2.50. The van der Waals surface area contributed by atoms with E-state index in [9.17, 15) is 14.7 Å². The van der Waals surface area contributed by atoms with Crippen LogP contribution in [0, 0.1) is 12.7 Å². The predicted octanol–water partition coefficient (Wildman–Crippen LogP) is 4.28. The Hall–Kier alpha value is -4.00. The molecule has 3 aliphatic heterocycles. The van der Waals surface area contributed by atoms with Gasteiger partial charge in [-0.25, -0.2) is 4.39 Å². The van der Waals surface area contributed by atoms with Crippen LogP contribution >= 0.6 is 11.6 Å². The second-order valence-corrected chi connectivity index (χ2v) is 12.1. The average molecular weight is 651 g/mol. The Bertz CT molecular complexity index is 1720. The number of hydrogen-bond acceptors (Lipinski definition) is 8. The van der Waals surface area contributed by atoms with Crippen molar-refractivity contribution in [2.45, 2.75) is 44.5 Å². The first-order valence-electron chi connectivity index (χ1n) is 15.0. The number of benzene rings is 3. The van der Waals surface area contributed by atoms with Gasteiger partial charge in [-0.3, -0.25) is 9.59 Å². The van der Waals surface area contributed by atoms with Gasteiger partial charge in [-0.05, 0) is 53.8 Å². The molecule has 0 aromatic heterocycles. The summed E-state index contributed by atoms with van der Waals surface area (Å²) in [4.78, 5) is 29.4. The lowest BCUT2D eigenvalue weighted by atomic mass is 9.91. The van der Waals surface area contributed by atoms with Gasteiger partial charge in [0.2, 0.25) is 0 Å². The minimum Gasteiger partial charge on any atom is -0.496 e. The van der Waals surface area contributed by atoms with E-state index in [1.807, 2.05) is 31.2 Å². The monoisotopic (exact) mass is 650 g/mol. The van der Waals surface area contributed by atoms with Crippen molar-refractivity contribution in [1.29, 1.82) is 0 Å². The van der Waals surface area contributed by atoms with Crippen LogP contribution in [0.1, 0.15) is 17.5 Å². The highest BCUT2D eigenvalue weighted by Crippen LogP contribution is 2.40. The zero-order valence-corrected chi connectivity index (χ0v) is 26.7. The molecule has 0 bridgehead atoms. The molecule has 2 unspecified atom stereocenters. The number of hydrogen-bond donors (Lipinski definition) is 3. The van der Waals surface area contributed by atoms with E-state index in [0.717, 1.165) is 16.7 Å². The fourth-order valence-electron chi connectivity index (χ4n) is 6.05. The minimum absolute atomic E-state index is 0.0287. The van der Waals surface area contributed by atoms with Crippen molar-refractivity contribution in [3.8, 4) is 28.0 Å². The van der Waals surface area contributed by atoms with Gasteiger partial charge in [0.15, 0.2) is 12.5 Å². The van der Waals surface area contributed by atoms with Crippen LogP contribution in [0.4, 0.5) is 10.1 Å². The molecule has 0 aliphatic carbocycles. The average Bonchev–Trinajstić information content (AvgIpc) is 3.86. The molecule has 3 aromatic rings. The summed E-state index contributed by atoms with van der Waals surface area (Å²) in [6.45, 7) is 2.89. The second-order valence-electron chi connectivity index (χ2n) is 11.7. The van der Waals surface area contributed by atoms with E-state index < -0.39 is 30.0 Å². The summed E-state index contributed by atoms with van der Waals surface area (Å²) in [5.41, 5.74) is 4.38. The van der Waals surface area contributed by atoms with Crippen LogP contribution in [0.5, 0.6) is 5.75 Å². The molecule has 3 heterocycles. The maximum atomic E-state index is 15.6. The van der Waals surface area contributed by atoms with Crippen LogP contribution in [-0.4, -0.2) is 85.7 Å². The molecule has 0 radical (unpaired) electrons. The van der Waals surface area contributed by atoms with Gasteiger partial charge in [-0.15, -0.1) is 0 Å². The Kier molecular flexibility index (Phi) is 9.04. The Morgan fingerprint density at radius 2 is 1.87 bits per heavy atom. The number of rotatable bonds is 8. The number of nitrogens with one attached hydrogen (secondary N) is 2. The number of ether oxygens (including phenoxy) is 3. The van der Waals surface area contributed by atoms with E-state index in [4.69, 9.17) is 25.8 Å². The third-order valence-electron chi connectivity index (χ3n) is 8.78. The van der Waals surface area contributed by atoms with Gasteiger partial charge in [0, 0.05) is 50.6 Å². The van der Waals surface area contributed by atoms with Gasteiger partial charge in [0.05, 0.1) is 30.5 Å². The normalized spacial score (nSPS) is 22.6. The predicted molar refractivity (Wildman–Crippen MR) is 172 cm³/mol. The smallest absolute Gasteiger partial charge is 0.262 e. The third-order valence-corrected chi connectivity index (χ3v) is 9.19. The van der Waals surface area contributed by atoms with Crippen LogP contribution in [0.25, 0.3) is 22.3 Å². The Balaban J connectivity index is 1.26. The Morgan fingerprint density at radius 3 is 2.63 bits per heavy atom. The third kappa shape index (κ3) is 6.08. The number of halogens is 2. The molecule has 242 valence electrons. The van der Waals surface area contributed by atoms with E-state index in [1.54, 1.807) is 37.2 Å². The van der Waals surface area contributed by atoms with Crippen molar-refractivity contribution in [2.75, 3.05) is 39.7 Å². The largest absolute Gasteiger partial charge is 0.496 e. The molecule has 3 N–H and O–H groups in total. The number of likely N-dealkylation sites (N-methyl/N-ethyl adjacent to an activating group) is 2. The van der Waals surface area contributed by atoms with Crippen LogP contribution < -0.4 is 15.4 Å². The summed E-state index contributed by atoms with van der Waals surface area (Å²) in [6, 6.07) is 14.0. The van der Waals surface area contributed by atoms with E-state index in [2.05, 4.69) is 10.6 Å². The van der Waals surface area contributed by atoms with Crippen molar-refractivity contribution < 1.29 is 33.3 Å². The Morgan fingerprint density at radius 1 is 1.13 bits per heavy atom. The second kappa shape index (κ2) is 13.0. The van der Waals surface area contributed by atoms with Crippen molar-refractivity contribution in [3.63, 3.8) is 0 Å². The van der Waals surface area contributed by atoms with Crippen LogP contribution in [0.2, 0.25) is 5.02 Å². The van der Waals surface area contributed by atoms with Crippen LogP contribution in [0.15, 0.2) is 60.3 Å². The fraction of sp³-hybridized carbons (Fsp3) is 0.353. The number of fused-ring (bicyclic) bond motifs is 1. The minimum atomic E-state index is -0.661. The molecule has 3 aromatic carbocycles. The number of aliphatic hydroxyl groups excluding tert-OH is 1. The van der Waals surface area contributed by atoms with Crippen molar-refractivity contribution in [3.05, 3.63) is 82.3 Å². The number of epoxide rings is 1. The molecule has 10 nitrogen and oxygen atoms in total. The van der Waals surface area contributed by atoms with E-state index >= 15 is 4.39 Å². The fourth-order valence-corrected chi connectivity index (χ4v) is 6.33. The quantitative estimate of drug-likeness (QED) is 0.245. The first-order valence-corrected chi connectivity index (χ1v) is 15.4. The first-order chi connectivity index (χ1) is 22.1. The molecule has 12 heteroatoms. The molecular formula is C34H36ClFN4O6. The summed E-state index contributed by atoms with van der Waals surface area (Å²) >= 11 is 6.88. The van der Waals surface area contributed by atoms with E-state index in [-0.39, 0.29) is 31.0 Å². The molecular weight excluding hydrogens is 615 g/mol. The lowest BCUT2D eigenvalue weighted by Gasteiger charge is -2.29. The number of carbonyl (C=O) groups is 2. The van der Waals surface area contributed by atoms with Gasteiger partial charge in [-0.2, -0.15) is 0 Å². The molecule has 0 spiro atoms. The van der Waals surface area contributed by atoms with Crippen LogP contribution in [0.3, 0.4) is 0 Å². The van der Waals surface area contributed by atoms with Gasteiger partial charge in [0.1, 0.15) is 17.1 Å². The zero-order valence-electron chi connectivity index (χ0n) is 26.0. The zero-order chi connectivity index (χ0) is 32.7. The molecule has 0 saturated carbocycles. The molecule has 2 saturated heterocycles. The van der Waals surface area contributed by atoms with Crippen molar-refractivity contribution >= 4 is 29.1 Å². The summed E-state index contributed by atoms with van der Waals surface area (Å²) < 4.78 is 32.0. The summed E-state index contributed by atoms with van der Waals surface area (Å²) in [7, 11) is 4.85. The molecule has 3 aliphatic rings. The number of nitrogens with zero attached hydrogens (tertiary/aromatic N) is 2. The standard InChI is InChI=1S/C34H36ClFN4O6/c1-18-20(19-13-25(36)23(29(14-19)44-4)15-37-26-11-12-45-17-28(26)41)7-5-8-21(18)22-9-6-10-27(30(22)35)38-31(42)24-16-39(2)33-34(46-33)40(3)32(24)43/h5-10,13-14,16,26,28,33-34,37,41H,11-12,15,17H2,1-4H3,(H,38,42)/t26-,28-,33?,34?/m1/s1. The highest BCUT2D eigenvalue weighted by atomic mass is 35.5. The lowest BCUT2D eigenvalue weighted by molar-refractivity contribution is -0.129. The number of amides is 2. The molecule has 6 rings (SSSR count). The lowest BCUT2D eigenvalue weighted by Crippen LogP contribution is -2.46. The Labute approximate surface area is 271 Å². The van der Waals surface area contributed by atoms with Gasteiger partial charge in [-0.1, -0.05) is 41.9 Å². The SMILES string of the molecule is COc1cc(-c2cccc(-c3cccc(NC(=O)C4=CN(C)C5OC5N(C)C4=O)c3Cl)c2C)cc(F)c1CN[C@@H]1CCOC[C@H]1O. The van der Waals surface area contributed by atoms with Crippen molar-refractivity contribution in [2.24, 2.45) is 0 Å². The van der Waals surface area contributed by atoms with Gasteiger partial charge >= 0.3 is 0 Å². The van der Waals surface area contributed by atoms with Gasteiger partial charge < -0.3 is 39.8 Å². The molecule has 4 atom stereocenters. The number of carbonyl (C=O) groups excluding carboxylic acids is 2. The highest BCUT2D eigenvalue weighted by molar-refractivity contribution is 6.37. The number of aliphatic hydroxyl groups is 1. The summed E-state index contributed by atoms with van der Waals surface area (Å²) in [5.74, 6) is -1.08. The van der Waals surface area contributed by atoms with Crippen molar-refractivity contribution in [1.82, 2.24) is 15.1 Å². The number of anilines is 1. The molecule has 2 fully saturated rings. The van der Waals surface area contributed by atoms with Crippen LogP contribution in [-0.2, 0) is 25.6 Å². The topological polar surface area (TPSA) is 116 Å². The maximum Gasteiger partial charge on any atom is 0.262 e. The number of methoxy groups -OCH3 is 1. The first kappa shape index (κ1) is 32.0. The molecule has 2 amide bonds. The maximum absolute atomic E-state index is 15.6. The van der Waals surface area contributed by atoms with E-state index in [0.29, 0.717) is 46.2 Å². The van der Waals surface area contributed by atoms with E-state index in [1.165, 1.54) is 24.3 Å².